The number of carbonyl (C=O) groups excluding carboxylic acids is 2. The predicted octanol–water partition coefficient (Wildman–Crippen LogP) is 5.14. The zero-order valence-electron chi connectivity index (χ0n) is 22.4. The molecule has 2 aromatic carbocycles. The van der Waals surface area contributed by atoms with Crippen molar-refractivity contribution in [2.45, 2.75) is 38.5 Å². The first-order chi connectivity index (χ1) is 20.6. The van der Waals surface area contributed by atoms with E-state index >= 15 is 0 Å². The van der Waals surface area contributed by atoms with Crippen LogP contribution in [0.4, 0.5) is 0 Å². The Kier molecular flexibility index (Phi) is 7.19. The molecule has 0 bridgehead atoms. The van der Waals surface area contributed by atoms with Crippen molar-refractivity contribution >= 4 is 35.2 Å². The van der Waals surface area contributed by atoms with Crippen molar-refractivity contribution in [2.24, 2.45) is 0 Å². The molecule has 0 fully saturated rings. The van der Waals surface area contributed by atoms with E-state index in [1.165, 1.54) is 0 Å². The summed E-state index contributed by atoms with van der Waals surface area (Å²) in [6, 6.07) is 10.9. The van der Waals surface area contributed by atoms with Crippen molar-refractivity contribution in [2.75, 3.05) is 0 Å². The van der Waals surface area contributed by atoms with Crippen molar-refractivity contribution < 1.29 is 19.1 Å². The van der Waals surface area contributed by atoms with Gasteiger partial charge in [0, 0.05) is 11.1 Å². The lowest BCUT2D eigenvalue weighted by atomic mass is 9.85. The molecule has 0 atom stereocenters. The number of rotatable bonds is 4. The van der Waals surface area contributed by atoms with Crippen LogP contribution in [0.5, 0.6) is 11.5 Å². The highest BCUT2D eigenvalue weighted by Crippen LogP contribution is 2.40. The molecule has 6 rings (SSSR count). The summed E-state index contributed by atoms with van der Waals surface area (Å²) in [5, 5.41) is 19.5. The Labute approximate surface area is 241 Å². The number of hydrogen-bond donors (Lipinski definition) is 2. The van der Waals surface area contributed by atoms with E-state index in [-0.39, 0.29) is 22.6 Å². The maximum Gasteiger partial charge on any atom is 0.423 e. The normalized spacial score (nSPS) is 15.8. The zero-order valence-corrected chi connectivity index (χ0v) is 22.4. The largest absolute Gasteiger partial charge is 0.423 e. The average Bonchev–Trinajstić information content (AvgIpc) is 3.72. The highest BCUT2D eigenvalue weighted by atomic mass is 16.6. The number of H-pyrrole nitrogens is 2. The van der Waals surface area contributed by atoms with E-state index in [1.54, 1.807) is 37.2 Å². The summed E-state index contributed by atoms with van der Waals surface area (Å²) in [7, 11) is 0. The Hall–Kier alpha value is -5.74. The fourth-order valence-corrected chi connectivity index (χ4v) is 5.58. The number of imidazole rings is 2. The van der Waals surface area contributed by atoms with Gasteiger partial charge in [0.25, 0.3) is 0 Å². The number of carbonyl (C=O) groups is 2. The molecule has 0 spiro atoms. The Morgan fingerprint density at radius 1 is 0.714 bits per heavy atom. The van der Waals surface area contributed by atoms with E-state index in [4.69, 9.17) is 9.47 Å². The molecular formula is C32H24N6O4. The number of aromatic amines is 2. The van der Waals surface area contributed by atoms with E-state index < -0.39 is 11.9 Å². The summed E-state index contributed by atoms with van der Waals surface area (Å²) in [5.41, 5.74) is 6.96. The van der Waals surface area contributed by atoms with Crippen molar-refractivity contribution in [1.29, 1.82) is 10.5 Å². The number of ether oxygens (including phenoxy) is 2. The van der Waals surface area contributed by atoms with Crippen molar-refractivity contribution in [3.63, 3.8) is 0 Å². The van der Waals surface area contributed by atoms with Crippen molar-refractivity contribution in [1.82, 2.24) is 19.9 Å². The maximum atomic E-state index is 13.1. The zero-order chi connectivity index (χ0) is 29.1. The summed E-state index contributed by atoms with van der Waals surface area (Å²) >= 11 is 0. The molecule has 10 heteroatoms. The number of nitriles is 2. The first kappa shape index (κ1) is 26.5. The number of fused-ring (bicyclic) bond motifs is 2. The third kappa shape index (κ3) is 5.09. The van der Waals surface area contributed by atoms with Gasteiger partial charge in [0.15, 0.2) is 11.5 Å². The van der Waals surface area contributed by atoms with E-state index in [1.807, 2.05) is 24.3 Å². The molecule has 2 aliphatic carbocycles. The predicted molar refractivity (Wildman–Crippen MR) is 152 cm³/mol. The van der Waals surface area contributed by atoms with E-state index in [0.717, 1.165) is 59.3 Å². The highest BCUT2D eigenvalue weighted by Gasteiger charge is 2.29. The molecule has 2 heterocycles. The van der Waals surface area contributed by atoms with Gasteiger partial charge >= 0.3 is 11.9 Å². The minimum absolute atomic E-state index is 0.0486. The van der Waals surface area contributed by atoms with Gasteiger partial charge in [-0.3, -0.25) is 0 Å². The second-order valence-electron chi connectivity index (χ2n) is 10.00. The van der Waals surface area contributed by atoms with Gasteiger partial charge in [0.1, 0.15) is 12.1 Å². The minimum Gasteiger partial charge on any atom is -0.416 e. The van der Waals surface area contributed by atoms with Gasteiger partial charge in [0.05, 0.1) is 47.6 Å². The van der Waals surface area contributed by atoms with E-state index in [2.05, 4.69) is 32.1 Å². The minimum atomic E-state index is -1.27. The molecule has 0 unspecified atom stereocenters. The molecule has 0 radical (unpaired) electrons. The molecule has 4 aromatic rings. The molecule has 206 valence electrons. The van der Waals surface area contributed by atoms with Gasteiger partial charge in [-0.15, -0.1) is 0 Å². The maximum absolute atomic E-state index is 13.1. The first-order valence-electron chi connectivity index (χ1n) is 13.5. The molecule has 42 heavy (non-hydrogen) atoms. The van der Waals surface area contributed by atoms with Crippen LogP contribution < -0.4 is 9.47 Å². The van der Waals surface area contributed by atoms with Gasteiger partial charge in [-0.05, 0) is 85.1 Å². The van der Waals surface area contributed by atoms with Crippen LogP contribution in [0.25, 0.3) is 23.3 Å². The highest BCUT2D eigenvalue weighted by molar-refractivity contribution is 6.31. The summed E-state index contributed by atoms with van der Waals surface area (Å²) in [4.78, 5) is 40.4. The second-order valence-corrected chi connectivity index (χ2v) is 10.00. The topological polar surface area (TPSA) is 158 Å². The SMILES string of the molecule is N#Cc1ccc2c(c1OC(=O)C(=O)Oc1c(C#N)ccc3c1CCCC3=Cc1cnc[nH]1)CCCC2=Cc1cnc[nH]1. The molecule has 0 saturated heterocycles. The molecular weight excluding hydrogens is 532 g/mol. The van der Waals surface area contributed by atoms with Crippen LogP contribution in [0.3, 0.4) is 0 Å². The Morgan fingerprint density at radius 3 is 1.55 bits per heavy atom. The smallest absolute Gasteiger partial charge is 0.416 e. The standard InChI is InChI=1S/C32H24N6O4/c33-13-21-7-9-25-19(11-23-15-35-17-37-23)3-1-5-27(25)29(21)41-31(39)32(40)42-30-22(14-34)8-10-26-20(4-2-6-28(26)30)12-24-16-36-18-38-24/h7-12,15-18H,1-6H2,(H,35,37)(H,36,38). The molecule has 2 aliphatic rings. The van der Waals surface area contributed by atoms with Crippen molar-refractivity contribution in [3.8, 4) is 23.6 Å². The molecule has 0 saturated carbocycles. The Balaban J connectivity index is 1.30. The van der Waals surface area contributed by atoms with Crippen molar-refractivity contribution in [3.05, 3.63) is 94.1 Å². The molecule has 10 nitrogen and oxygen atoms in total. The number of nitrogens with zero attached hydrogens (tertiary/aromatic N) is 4. The number of esters is 2. The van der Waals surface area contributed by atoms with Crippen LogP contribution in [0.15, 0.2) is 49.3 Å². The number of nitrogens with one attached hydrogen (secondary N) is 2. The van der Waals surface area contributed by atoms with Crippen LogP contribution in [-0.4, -0.2) is 31.9 Å². The fourth-order valence-electron chi connectivity index (χ4n) is 5.58. The summed E-state index contributed by atoms with van der Waals surface area (Å²) < 4.78 is 11.1. The van der Waals surface area contributed by atoms with Gasteiger partial charge < -0.3 is 19.4 Å². The lowest BCUT2D eigenvalue weighted by Gasteiger charge is -2.23. The Bertz CT molecular complexity index is 1700. The third-order valence-corrected chi connectivity index (χ3v) is 7.45. The number of hydrogen-bond acceptors (Lipinski definition) is 8. The van der Waals surface area contributed by atoms with Gasteiger partial charge in [-0.25, -0.2) is 19.6 Å². The second kappa shape index (κ2) is 11.4. The van der Waals surface area contributed by atoms with Gasteiger partial charge in [-0.2, -0.15) is 10.5 Å². The first-order valence-corrected chi connectivity index (χ1v) is 13.5. The third-order valence-electron chi connectivity index (χ3n) is 7.45. The molecule has 0 amide bonds. The van der Waals surface area contributed by atoms with Gasteiger partial charge in [-0.1, -0.05) is 12.1 Å². The van der Waals surface area contributed by atoms with E-state index in [0.29, 0.717) is 24.0 Å². The van der Waals surface area contributed by atoms with Crippen LogP contribution in [0.2, 0.25) is 0 Å². The molecule has 2 N–H and O–H groups in total. The summed E-state index contributed by atoms with van der Waals surface area (Å²) in [5.74, 6) is -2.44. The van der Waals surface area contributed by atoms with Gasteiger partial charge in [0.2, 0.25) is 0 Å². The van der Waals surface area contributed by atoms with Crippen LogP contribution in [-0.2, 0) is 22.4 Å². The number of benzene rings is 2. The average molecular weight is 557 g/mol. The quantitative estimate of drug-likeness (QED) is 0.199. The summed E-state index contributed by atoms with van der Waals surface area (Å²) in [6.07, 6.45) is 14.8. The number of allylic oxidation sites excluding steroid dienone is 2. The monoisotopic (exact) mass is 556 g/mol. The molecule has 0 aliphatic heterocycles. The lowest BCUT2D eigenvalue weighted by molar-refractivity contribution is -0.156. The fraction of sp³-hybridized carbons (Fsp3) is 0.188. The van der Waals surface area contributed by atoms with Crippen LogP contribution >= 0.6 is 0 Å². The lowest BCUT2D eigenvalue weighted by Crippen LogP contribution is -2.27. The Morgan fingerprint density at radius 2 is 1.17 bits per heavy atom. The summed E-state index contributed by atoms with van der Waals surface area (Å²) in [6.45, 7) is 0. The molecule has 2 aromatic heterocycles. The number of aromatic nitrogens is 4. The van der Waals surface area contributed by atoms with E-state index in [9.17, 15) is 20.1 Å². The van der Waals surface area contributed by atoms with Crippen LogP contribution in [0, 0.1) is 22.7 Å². The van der Waals surface area contributed by atoms with Crippen LogP contribution in [0.1, 0.15) is 70.5 Å².